The molecule has 8 heteroatoms. The maximum Gasteiger partial charge on any atom is 0.258 e. The number of hydrogen-bond donors (Lipinski definition) is 1. The molecule has 2 aliphatic heterocycles. The first kappa shape index (κ1) is 23.3. The van der Waals surface area contributed by atoms with Crippen LogP contribution in [0.4, 0.5) is 11.4 Å². The largest absolute Gasteiger partial charge is 0.309 e. The molecule has 3 aromatic rings. The molecule has 5 rings (SSSR count). The Morgan fingerprint density at radius 2 is 1.74 bits per heavy atom. The van der Waals surface area contributed by atoms with Crippen LogP contribution in [0.2, 0.25) is 0 Å². The lowest BCUT2D eigenvalue weighted by Gasteiger charge is -2.20. The first-order chi connectivity index (χ1) is 16.7. The third-order valence-corrected chi connectivity index (χ3v) is 8.09. The average molecular weight is 490 g/mol. The van der Waals surface area contributed by atoms with E-state index >= 15 is 0 Å². The van der Waals surface area contributed by atoms with Crippen molar-refractivity contribution in [3.8, 4) is 0 Å². The summed E-state index contributed by atoms with van der Waals surface area (Å²) in [6.07, 6.45) is 1.39. The second kappa shape index (κ2) is 8.94. The first-order valence-corrected chi connectivity index (χ1v) is 13.1. The van der Waals surface area contributed by atoms with Crippen LogP contribution in [0.5, 0.6) is 0 Å². The minimum atomic E-state index is -3.76. The number of carbonyl (C=O) groups is 2. The Labute approximate surface area is 205 Å². The fourth-order valence-corrected chi connectivity index (χ4v) is 6.07. The van der Waals surface area contributed by atoms with E-state index in [1.54, 1.807) is 34.1 Å². The van der Waals surface area contributed by atoms with Crippen LogP contribution < -0.4 is 14.5 Å². The number of carbonyl (C=O) groups excluding carboxylic acids is 2. The lowest BCUT2D eigenvalue weighted by atomic mass is 10.1. The third-order valence-electron chi connectivity index (χ3n) is 6.69. The van der Waals surface area contributed by atoms with Crippen LogP contribution in [-0.4, -0.2) is 32.8 Å². The minimum Gasteiger partial charge on any atom is -0.309 e. The second-order valence-corrected chi connectivity index (χ2v) is 10.9. The number of fused-ring (bicyclic) bond motifs is 2. The Kier molecular flexibility index (Phi) is 5.94. The van der Waals surface area contributed by atoms with Crippen LogP contribution >= 0.6 is 0 Å². The number of nitrogens with zero attached hydrogens (tertiary/aromatic N) is 2. The quantitative estimate of drug-likeness (QED) is 0.593. The topological polar surface area (TPSA) is 86.8 Å². The van der Waals surface area contributed by atoms with Crippen molar-refractivity contribution in [1.82, 2.24) is 4.72 Å². The van der Waals surface area contributed by atoms with Crippen molar-refractivity contribution in [3.63, 3.8) is 0 Å². The van der Waals surface area contributed by atoms with Crippen molar-refractivity contribution in [2.24, 2.45) is 0 Å². The van der Waals surface area contributed by atoms with Crippen molar-refractivity contribution in [3.05, 3.63) is 89.0 Å². The normalized spacial score (nSPS) is 16.8. The molecule has 2 aliphatic rings. The summed E-state index contributed by atoms with van der Waals surface area (Å²) in [6, 6.07) is 19.8. The van der Waals surface area contributed by atoms with E-state index in [0.717, 1.165) is 34.5 Å². The molecular weight excluding hydrogens is 462 g/mol. The average Bonchev–Trinajstić information content (AvgIpc) is 3.42. The molecule has 0 aliphatic carbocycles. The minimum absolute atomic E-state index is 0.00127. The predicted molar refractivity (Wildman–Crippen MR) is 135 cm³/mol. The summed E-state index contributed by atoms with van der Waals surface area (Å²) in [6.45, 7) is 4.18. The summed E-state index contributed by atoms with van der Waals surface area (Å²) in [7, 11) is -3.76. The first-order valence-electron chi connectivity index (χ1n) is 11.7. The Bertz CT molecular complexity index is 1420. The van der Waals surface area contributed by atoms with Crippen LogP contribution in [0.1, 0.15) is 40.9 Å². The number of anilines is 2. The highest BCUT2D eigenvalue weighted by Crippen LogP contribution is 2.34. The summed E-state index contributed by atoms with van der Waals surface area (Å²) < 4.78 is 28.8. The molecule has 2 amide bonds. The molecule has 1 unspecified atom stereocenters. The van der Waals surface area contributed by atoms with Gasteiger partial charge >= 0.3 is 0 Å². The van der Waals surface area contributed by atoms with E-state index in [0.29, 0.717) is 18.5 Å². The fourth-order valence-electron chi connectivity index (χ4n) is 5.00. The van der Waals surface area contributed by atoms with Crippen molar-refractivity contribution in [2.75, 3.05) is 16.3 Å². The Morgan fingerprint density at radius 3 is 2.49 bits per heavy atom. The van der Waals surface area contributed by atoms with Crippen LogP contribution in [0.3, 0.4) is 0 Å². The monoisotopic (exact) mass is 489 g/mol. The predicted octanol–water partition coefficient (Wildman–Crippen LogP) is 3.67. The highest BCUT2D eigenvalue weighted by Gasteiger charge is 2.30. The van der Waals surface area contributed by atoms with Gasteiger partial charge in [0.05, 0.1) is 4.90 Å². The van der Waals surface area contributed by atoms with E-state index in [1.807, 2.05) is 43.3 Å². The van der Waals surface area contributed by atoms with Gasteiger partial charge in [0.1, 0.15) is 0 Å². The SMILES string of the molecule is CC(=O)N1c2ccc(S(=O)(=O)NCc3ccc4c(c3)N(C(=O)c3ccccc3)CC4)cc2CC1C. The van der Waals surface area contributed by atoms with Crippen molar-refractivity contribution >= 4 is 33.2 Å². The van der Waals surface area contributed by atoms with Gasteiger partial charge in [0, 0.05) is 43.0 Å². The molecular formula is C27H27N3O4S. The number of amides is 2. The van der Waals surface area contributed by atoms with E-state index in [9.17, 15) is 18.0 Å². The van der Waals surface area contributed by atoms with Crippen molar-refractivity contribution < 1.29 is 18.0 Å². The Hall–Kier alpha value is -3.49. The molecule has 0 bridgehead atoms. The zero-order valence-corrected chi connectivity index (χ0v) is 20.5. The summed E-state index contributed by atoms with van der Waals surface area (Å²) >= 11 is 0. The molecule has 7 nitrogen and oxygen atoms in total. The number of benzene rings is 3. The lowest BCUT2D eigenvalue weighted by Crippen LogP contribution is -2.33. The van der Waals surface area contributed by atoms with Gasteiger partial charge in [0.15, 0.2) is 0 Å². The van der Waals surface area contributed by atoms with Crippen LogP contribution in [0.15, 0.2) is 71.6 Å². The maximum atomic E-state index is 13.0. The molecule has 3 aromatic carbocycles. The van der Waals surface area contributed by atoms with E-state index in [4.69, 9.17) is 0 Å². The molecule has 0 saturated carbocycles. The van der Waals surface area contributed by atoms with Gasteiger partial charge < -0.3 is 9.80 Å². The van der Waals surface area contributed by atoms with Crippen LogP contribution in [0, 0.1) is 0 Å². The molecule has 1 atom stereocenters. The lowest BCUT2D eigenvalue weighted by molar-refractivity contribution is -0.116. The number of rotatable bonds is 5. The standard InChI is InChI=1S/C27H27N3O4S/c1-18-14-23-16-24(10-11-25(23)30(18)19(2)31)35(33,34)28-17-20-8-9-21-12-13-29(26(21)15-20)27(32)22-6-4-3-5-7-22/h3-11,15-16,18,28H,12-14,17H2,1-2H3. The zero-order valence-electron chi connectivity index (χ0n) is 19.7. The zero-order chi connectivity index (χ0) is 24.7. The van der Waals surface area contributed by atoms with Gasteiger partial charge in [-0.15, -0.1) is 0 Å². The van der Waals surface area contributed by atoms with Gasteiger partial charge in [0.2, 0.25) is 15.9 Å². The number of sulfonamides is 1. The van der Waals surface area contributed by atoms with E-state index < -0.39 is 10.0 Å². The van der Waals surface area contributed by atoms with Crippen molar-refractivity contribution in [2.45, 2.75) is 44.2 Å². The van der Waals surface area contributed by atoms with Gasteiger partial charge in [-0.3, -0.25) is 9.59 Å². The maximum absolute atomic E-state index is 13.0. The van der Waals surface area contributed by atoms with E-state index in [2.05, 4.69) is 4.72 Å². The number of hydrogen-bond acceptors (Lipinski definition) is 4. The molecule has 0 aromatic heterocycles. The molecule has 0 fully saturated rings. The van der Waals surface area contributed by atoms with Gasteiger partial charge in [-0.05, 0) is 72.9 Å². The molecule has 1 N–H and O–H groups in total. The smallest absolute Gasteiger partial charge is 0.258 e. The van der Waals surface area contributed by atoms with Gasteiger partial charge in [-0.25, -0.2) is 13.1 Å². The van der Waals surface area contributed by atoms with E-state index in [-0.39, 0.29) is 29.3 Å². The molecule has 35 heavy (non-hydrogen) atoms. The van der Waals surface area contributed by atoms with Crippen LogP contribution in [0.25, 0.3) is 0 Å². The molecule has 0 saturated heterocycles. The van der Waals surface area contributed by atoms with Crippen LogP contribution in [-0.2, 0) is 34.2 Å². The molecule has 2 heterocycles. The highest BCUT2D eigenvalue weighted by atomic mass is 32.2. The molecule has 180 valence electrons. The van der Waals surface area contributed by atoms with Gasteiger partial charge in [0.25, 0.3) is 5.91 Å². The third kappa shape index (κ3) is 4.35. The fraction of sp³-hybridized carbons (Fsp3) is 0.259. The molecule has 0 radical (unpaired) electrons. The summed E-state index contributed by atoms with van der Waals surface area (Å²) in [5.74, 6) is -0.115. The van der Waals surface area contributed by atoms with E-state index in [1.165, 1.54) is 13.0 Å². The van der Waals surface area contributed by atoms with Crippen molar-refractivity contribution in [1.29, 1.82) is 0 Å². The van der Waals surface area contributed by atoms with Gasteiger partial charge in [-0.2, -0.15) is 0 Å². The summed E-state index contributed by atoms with van der Waals surface area (Å²) in [5, 5.41) is 0. The summed E-state index contributed by atoms with van der Waals surface area (Å²) in [5.41, 5.74) is 4.92. The Balaban J connectivity index is 1.33. The summed E-state index contributed by atoms with van der Waals surface area (Å²) in [4.78, 5) is 28.6. The molecule has 0 spiro atoms. The second-order valence-electron chi connectivity index (χ2n) is 9.09. The Morgan fingerprint density at radius 1 is 0.971 bits per heavy atom. The number of nitrogens with one attached hydrogen (secondary N) is 1. The highest BCUT2D eigenvalue weighted by molar-refractivity contribution is 7.89. The van der Waals surface area contributed by atoms with Gasteiger partial charge in [-0.1, -0.05) is 30.3 Å².